The molecule has 0 amide bonds. The predicted molar refractivity (Wildman–Crippen MR) is 95.9 cm³/mol. The summed E-state index contributed by atoms with van der Waals surface area (Å²) in [5.74, 6) is -0.492. The summed E-state index contributed by atoms with van der Waals surface area (Å²) in [6, 6.07) is 5.34. The molecule has 6 heteroatoms. The number of benzene rings is 1. The Bertz CT molecular complexity index is 839. The van der Waals surface area contributed by atoms with Gasteiger partial charge in [0, 0.05) is 22.3 Å². The maximum absolute atomic E-state index is 12.7. The standard InChI is InChI=1S/C18H15Cl2NO2S/c1-8-15(14-16(22)9-2-3-10(6-9)17(14)23)21-18(24-8)11-4-5-12(19)13(20)7-11/h4-5,7,9-10,14H,2-3,6H2,1H3/t9-,10+,14?. The van der Waals surface area contributed by atoms with Crippen LogP contribution in [0.1, 0.15) is 35.8 Å². The Morgan fingerprint density at radius 2 is 1.75 bits per heavy atom. The largest absolute Gasteiger partial charge is 0.298 e. The molecule has 0 aliphatic heterocycles. The number of hydrogen-bond acceptors (Lipinski definition) is 4. The molecule has 2 aliphatic carbocycles. The third-order valence-corrected chi connectivity index (χ3v) is 6.85. The van der Waals surface area contributed by atoms with Crippen LogP contribution < -0.4 is 0 Å². The zero-order valence-electron chi connectivity index (χ0n) is 13.0. The number of carbonyl (C=O) groups is 2. The van der Waals surface area contributed by atoms with Crippen LogP contribution in [-0.2, 0) is 9.59 Å². The van der Waals surface area contributed by atoms with Crippen molar-refractivity contribution in [2.45, 2.75) is 32.1 Å². The predicted octanol–water partition coefficient (Wildman–Crippen LogP) is 5.08. The zero-order valence-corrected chi connectivity index (χ0v) is 15.3. The number of hydrogen-bond donors (Lipinski definition) is 0. The monoisotopic (exact) mass is 379 g/mol. The minimum absolute atomic E-state index is 0.0345. The van der Waals surface area contributed by atoms with E-state index < -0.39 is 5.92 Å². The summed E-state index contributed by atoms with van der Waals surface area (Å²) < 4.78 is 0. The molecule has 3 atom stereocenters. The van der Waals surface area contributed by atoms with Crippen molar-refractivity contribution in [1.29, 1.82) is 0 Å². The van der Waals surface area contributed by atoms with Crippen LogP contribution in [0, 0.1) is 18.8 Å². The van der Waals surface area contributed by atoms with Gasteiger partial charge in [-0.05, 0) is 38.3 Å². The summed E-state index contributed by atoms with van der Waals surface area (Å²) in [4.78, 5) is 31.0. The van der Waals surface area contributed by atoms with Gasteiger partial charge in [-0.25, -0.2) is 4.98 Å². The molecule has 0 saturated heterocycles. The minimum atomic E-state index is -0.677. The normalized spacial score (nSPS) is 26.2. The van der Waals surface area contributed by atoms with Gasteiger partial charge in [-0.2, -0.15) is 0 Å². The number of ketones is 2. The van der Waals surface area contributed by atoms with Crippen LogP contribution in [0.5, 0.6) is 0 Å². The molecule has 1 aromatic carbocycles. The van der Waals surface area contributed by atoms with Crippen molar-refractivity contribution in [3.05, 3.63) is 38.8 Å². The van der Waals surface area contributed by atoms with E-state index in [1.807, 2.05) is 13.0 Å². The second kappa shape index (κ2) is 5.94. The van der Waals surface area contributed by atoms with E-state index in [0.717, 1.165) is 34.7 Å². The highest BCUT2D eigenvalue weighted by Gasteiger charge is 2.48. The first kappa shape index (κ1) is 16.2. The quantitative estimate of drug-likeness (QED) is 0.683. The summed E-state index contributed by atoms with van der Waals surface area (Å²) in [6.07, 6.45) is 2.42. The number of nitrogens with zero attached hydrogens (tertiary/aromatic N) is 1. The average Bonchev–Trinajstić information content (AvgIpc) is 3.15. The molecule has 1 aromatic heterocycles. The molecule has 2 fully saturated rings. The topological polar surface area (TPSA) is 47.0 Å². The van der Waals surface area contributed by atoms with Crippen molar-refractivity contribution in [3.63, 3.8) is 0 Å². The van der Waals surface area contributed by atoms with Gasteiger partial charge < -0.3 is 0 Å². The summed E-state index contributed by atoms with van der Waals surface area (Å²) in [5.41, 5.74) is 1.48. The third-order valence-electron chi connectivity index (χ3n) is 5.08. The average molecular weight is 380 g/mol. The molecule has 124 valence electrons. The van der Waals surface area contributed by atoms with E-state index in [2.05, 4.69) is 4.98 Å². The zero-order chi connectivity index (χ0) is 17.0. The maximum Gasteiger partial charge on any atom is 0.152 e. The van der Waals surface area contributed by atoms with Gasteiger partial charge >= 0.3 is 0 Å². The molecule has 2 aliphatic rings. The van der Waals surface area contributed by atoms with Crippen molar-refractivity contribution < 1.29 is 9.59 Å². The molecular formula is C18H15Cl2NO2S. The SMILES string of the molecule is Cc1sc(-c2ccc(Cl)c(Cl)c2)nc1C1C(=O)[C@@H]2CC[C@@H](C2)C1=O. The third kappa shape index (κ3) is 2.52. The molecule has 1 unspecified atom stereocenters. The Balaban J connectivity index is 1.74. The fourth-order valence-corrected chi connectivity index (χ4v) is 5.05. The molecule has 0 spiro atoms. The van der Waals surface area contributed by atoms with Crippen LogP contribution in [-0.4, -0.2) is 16.6 Å². The number of halogens is 2. The van der Waals surface area contributed by atoms with E-state index in [9.17, 15) is 9.59 Å². The minimum Gasteiger partial charge on any atom is -0.298 e. The van der Waals surface area contributed by atoms with Crippen molar-refractivity contribution in [2.75, 3.05) is 0 Å². The number of carbonyl (C=O) groups excluding carboxylic acids is 2. The van der Waals surface area contributed by atoms with Gasteiger partial charge in [0.2, 0.25) is 0 Å². The van der Waals surface area contributed by atoms with Gasteiger partial charge in [0.25, 0.3) is 0 Å². The summed E-state index contributed by atoms with van der Waals surface area (Å²) in [6.45, 7) is 1.92. The van der Waals surface area contributed by atoms with Gasteiger partial charge in [0.15, 0.2) is 11.6 Å². The molecule has 2 aromatic rings. The molecule has 0 N–H and O–H groups in total. The van der Waals surface area contributed by atoms with Gasteiger partial charge in [0.05, 0.1) is 15.7 Å². The number of rotatable bonds is 2. The Kier molecular flexibility index (Phi) is 4.02. The Morgan fingerprint density at radius 3 is 2.38 bits per heavy atom. The summed E-state index contributed by atoms with van der Waals surface area (Å²) >= 11 is 13.5. The van der Waals surface area contributed by atoms with Crippen molar-refractivity contribution in [3.8, 4) is 10.6 Å². The Morgan fingerprint density at radius 1 is 1.08 bits per heavy atom. The highest BCUT2D eigenvalue weighted by Crippen LogP contribution is 2.45. The second-order valence-corrected chi connectivity index (χ2v) is 8.55. The molecule has 1 heterocycles. The first-order valence-corrected chi connectivity index (χ1v) is 9.53. The number of aryl methyl sites for hydroxylation is 1. The van der Waals surface area contributed by atoms with E-state index in [1.165, 1.54) is 11.3 Å². The van der Waals surface area contributed by atoms with Crippen LogP contribution in [0.2, 0.25) is 10.0 Å². The van der Waals surface area contributed by atoms with E-state index in [0.29, 0.717) is 15.7 Å². The van der Waals surface area contributed by atoms with E-state index in [1.54, 1.807) is 12.1 Å². The van der Waals surface area contributed by atoms with E-state index >= 15 is 0 Å². The van der Waals surface area contributed by atoms with Gasteiger partial charge in [-0.3, -0.25) is 9.59 Å². The second-order valence-electron chi connectivity index (χ2n) is 6.53. The summed E-state index contributed by atoms with van der Waals surface area (Å²) in [7, 11) is 0. The molecule has 2 bridgehead atoms. The highest BCUT2D eigenvalue weighted by molar-refractivity contribution is 7.15. The van der Waals surface area contributed by atoms with Gasteiger partial charge in [-0.15, -0.1) is 11.3 Å². The molecule has 24 heavy (non-hydrogen) atoms. The number of Topliss-reactive ketones (excluding diaryl/α,β-unsaturated/α-hetero) is 2. The van der Waals surface area contributed by atoms with Crippen molar-refractivity contribution in [1.82, 2.24) is 4.98 Å². The maximum atomic E-state index is 12.7. The van der Waals surface area contributed by atoms with Crippen LogP contribution in [0.15, 0.2) is 18.2 Å². The van der Waals surface area contributed by atoms with Crippen LogP contribution in [0.3, 0.4) is 0 Å². The number of fused-ring (bicyclic) bond motifs is 2. The first-order valence-electron chi connectivity index (χ1n) is 7.96. The molecule has 2 saturated carbocycles. The lowest BCUT2D eigenvalue weighted by molar-refractivity contribution is -0.136. The smallest absolute Gasteiger partial charge is 0.152 e. The van der Waals surface area contributed by atoms with Crippen LogP contribution in [0.25, 0.3) is 10.6 Å². The fraction of sp³-hybridized carbons (Fsp3) is 0.389. The van der Waals surface area contributed by atoms with Crippen LogP contribution in [0.4, 0.5) is 0 Å². The van der Waals surface area contributed by atoms with Crippen molar-refractivity contribution in [2.24, 2.45) is 11.8 Å². The van der Waals surface area contributed by atoms with E-state index in [4.69, 9.17) is 23.2 Å². The highest BCUT2D eigenvalue weighted by atomic mass is 35.5. The fourth-order valence-electron chi connectivity index (χ4n) is 3.81. The lowest BCUT2D eigenvalue weighted by atomic mass is 9.77. The number of aromatic nitrogens is 1. The van der Waals surface area contributed by atoms with E-state index in [-0.39, 0.29) is 23.4 Å². The molecule has 3 nitrogen and oxygen atoms in total. The molecular weight excluding hydrogens is 365 g/mol. The Hall–Kier alpha value is -1.23. The van der Waals surface area contributed by atoms with Gasteiger partial charge in [0.1, 0.15) is 10.9 Å². The van der Waals surface area contributed by atoms with Crippen molar-refractivity contribution >= 4 is 46.1 Å². The summed E-state index contributed by atoms with van der Waals surface area (Å²) in [5, 5.41) is 1.72. The Labute approximate surface area is 154 Å². The molecule has 4 rings (SSSR count). The number of thiazole rings is 1. The first-order chi connectivity index (χ1) is 11.5. The van der Waals surface area contributed by atoms with Gasteiger partial charge in [-0.1, -0.05) is 29.3 Å². The van der Waals surface area contributed by atoms with Crippen LogP contribution >= 0.6 is 34.5 Å². The lowest BCUT2D eigenvalue weighted by Gasteiger charge is -2.24. The lowest BCUT2D eigenvalue weighted by Crippen LogP contribution is -2.35. The molecule has 0 radical (unpaired) electrons.